The van der Waals surface area contributed by atoms with E-state index in [0.717, 1.165) is 24.8 Å². The van der Waals surface area contributed by atoms with Gasteiger partial charge in [-0.1, -0.05) is 97.1 Å². The number of methoxy groups -OCH3 is 3. The average Bonchev–Trinajstić information content (AvgIpc) is 2.97. The van der Waals surface area contributed by atoms with Crippen molar-refractivity contribution in [2.24, 2.45) is 17.8 Å². The van der Waals surface area contributed by atoms with E-state index < -0.39 is 27.6 Å². The van der Waals surface area contributed by atoms with Crippen LogP contribution in [0.4, 0.5) is 0 Å². The van der Waals surface area contributed by atoms with Gasteiger partial charge in [0.2, 0.25) is 0 Å². The highest BCUT2D eigenvalue weighted by molar-refractivity contribution is 6.76. The van der Waals surface area contributed by atoms with Crippen molar-refractivity contribution in [3.63, 3.8) is 0 Å². The minimum Gasteiger partial charge on any atom is -0.469 e. The van der Waals surface area contributed by atoms with Crippen molar-refractivity contribution < 1.29 is 38.0 Å². The summed E-state index contributed by atoms with van der Waals surface area (Å²) in [4.78, 5) is 25.5. The molecule has 0 heterocycles. The average molecular weight is 655 g/mol. The molecule has 0 fully saturated rings. The molecule has 0 saturated heterocycles. The standard InChI is InChI=1S/C30H46Cl3NO8/c1-5-24(20-42-22-38-3)26(15-9-10-16-40-19-23-12-7-6-8-13-23)28(34-29(36)30(31,32)33)25(18-27(35)39-4)14-11-17-41-21-37-2/h6-8,11-14,24-26,28H,5,9-10,15-22H2,1-4H3,(H,34,36)/b14-11+. The molecule has 0 aliphatic rings. The quantitative estimate of drug-likeness (QED) is 0.0516. The Hall–Kier alpha value is -1.43. The van der Waals surface area contributed by atoms with Crippen LogP contribution in [0.25, 0.3) is 0 Å². The van der Waals surface area contributed by atoms with Crippen LogP contribution in [0.3, 0.4) is 0 Å². The molecule has 0 aromatic heterocycles. The van der Waals surface area contributed by atoms with E-state index >= 15 is 0 Å². The molecule has 9 nitrogen and oxygen atoms in total. The molecule has 1 amide bonds. The van der Waals surface area contributed by atoms with Crippen LogP contribution in [0.5, 0.6) is 0 Å². The predicted molar refractivity (Wildman–Crippen MR) is 164 cm³/mol. The van der Waals surface area contributed by atoms with Crippen molar-refractivity contribution in [1.82, 2.24) is 5.32 Å². The summed E-state index contributed by atoms with van der Waals surface area (Å²) in [6, 6.07) is 9.39. The molecule has 0 radical (unpaired) electrons. The third-order valence-corrected chi connectivity index (χ3v) is 7.27. The van der Waals surface area contributed by atoms with Gasteiger partial charge >= 0.3 is 5.97 Å². The van der Waals surface area contributed by atoms with E-state index in [2.05, 4.69) is 5.32 Å². The smallest absolute Gasteiger partial charge is 0.306 e. The Balaban J connectivity index is 3.23. The zero-order valence-electron chi connectivity index (χ0n) is 25.0. The second-order valence-electron chi connectivity index (χ2n) is 9.79. The second-order valence-corrected chi connectivity index (χ2v) is 12.1. The van der Waals surface area contributed by atoms with E-state index in [9.17, 15) is 9.59 Å². The Bertz CT molecular complexity index is 885. The van der Waals surface area contributed by atoms with E-state index in [0.29, 0.717) is 26.2 Å². The molecule has 240 valence electrons. The van der Waals surface area contributed by atoms with Crippen molar-refractivity contribution in [3.05, 3.63) is 48.0 Å². The Morgan fingerprint density at radius 2 is 1.67 bits per heavy atom. The topological polar surface area (TPSA) is 102 Å². The third-order valence-electron chi connectivity index (χ3n) is 6.76. The molecule has 4 unspecified atom stereocenters. The van der Waals surface area contributed by atoms with E-state index in [4.69, 9.17) is 63.2 Å². The van der Waals surface area contributed by atoms with E-state index in [-0.39, 0.29) is 38.4 Å². The molecule has 1 aromatic rings. The van der Waals surface area contributed by atoms with E-state index in [1.54, 1.807) is 13.2 Å². The van der Waals surface area contributed by atoms with Gasteiger partial charge in [0.05, 0.1) is 33.4 Å². The van der Waals surface area contributed by atoms with Gasteiger partial charge in [0.15, 0.2) is 0 Å². The first-order valence-corrected chi connectivity index (χ1v) is 15.2. The maximum Gasteiger partial charge on any atom is 0.306 e. The van der Waals surface area contributed by atoms with Gasteiger partial charge in [0.25, 0.3) is 9.70 Å². The van der Waals surface area contributed by atoms with Crippen LogP contribution < -0.4 is 5.32 Å². The molecule has 0 aliphatic heterocycles. The number of carbonyl (C=O) groups is 2. The van der Waals surface area contributed by atoms with Crippen molar-refractivity contribution in [3.8, 4) is 0 Å². The molecule has 0 saturated carbocycles. The Morgan fingerprint density at radius 3 is 2.29 bits per heavy atom. The first-order chi connectivity index (χ1) is 20.2. The normalized spacial score (nSPS) is 14.8. The number of carbonyl (C=O) groups excluding carboxylic acids is 2. The van der Waals surface area contributed by atoms with Gasteiger partial charge in [0, 0.05) is 32.8 Å². The van der Waals surface area contributed by atoms with Gasteiger partial charge < -0.3 is 33.7 Å². The molecule has 0 bridgehead atoms. The monoisotopic (exact) mass is 653 g/mol. The lowest BCUT2D eigenvalue weighted by atomic mass is 9.75. The van der Waals surface area contributed by atoms with Crippen molar-refractivity contribution in [2.45, 2.75) is 55.5 Å². The molecular formula is C30H46Cl3NO8. The number of rotatable bonds is 23. The van der Waals surface area contributed by atoms with Gasteiger partial charge in [-0.2, -0.15) is 0 Å². The van der Waals surface area contributed by atoms with Crippen LogP contribution >= 0.6 is 34.8 Å². The number of hydrogen-bond donors (Lipinski definition) is 1. The summed E-state index contributed by atoms with van der Waals surface area (Å²) in [5.41, 5.74) is 1.11. The van der Waals surface area contributed by atoms with E-state index in [1.807, 2.05) is 43.3 Å². The summed E-state index contributed by atoms with van der Waals surface area (Å²) < 4.78 is 29.8. The summed E-state index contributed by atoms with van der Waals surface area (Å²) in [6.07, 6.45) is 6.63. The molecule has 1 rings (SSSR count). The van der Waals surface area contributed by atoms with Gasteiger partial charge in [-0.05, 0) is 30.2 Å². The maximum absolute atomic E-state index is 13.0. The Morgan fingerprint density at radius 1 is 0.976 bits per heavy atom. The highest BCUT2D eigenvalue weighted by Gasteiger charge is 2.39. The minimum atomic E-state index is -2.19. The fourth-order valence-corrected chi connectivity index (χ4v) is 4.83. The highest BCUT2D eigenvalue weighted by atomic mass is 35.6. The number of unbranched alkanes of at least 4 members (excludes halogenated alkanes) is 1. The number of benzene rings is 1. The van der Waals surface area contributed by atoms with Gasteiger partial charge in [-0.3, -0.25) is 9.59 Å². The van der Waals surface area contributed by atoms with Crippen molar-refractivity contribution in [1.29, 1.82) is 0 Å². The van der Waals surface area contributed by atoms with Crippen molar-refractivity contribution >= 4 is 46.7 Å². The number of alkyl halides is 3. The summed E-state index contributed by atoms with van der Waals surface area (Å²) in [6.45, 7) is 4.03. The zero-order valence-corrected chi connectivity index (χ0v) is 27.3. The van der Waals surface area contributed by atoms with Crippen LogP contribution in [-0.4, -0.2) is 76.4 Å². The summed E-state index contributed by atoms with van der Waals surface area (Å²) in [5.74, 6) is -1.87. The van der Waals surface area contributed by atoms with Crippen molar-refractivity contribution in [2.75, 3.05) is 54.7 Å². The lowest BCUT2D eigenvalue weighted by Gasteiger charge is -2.38. The van der Waals surface area contributed by atoms with Gasteiger partial charge in [-0.25, -0.2) is 0 Å². The third kappa shape index (κ3) is 16.4. The molecule has 4 atom stereocenters. The number of nitrogens with one attached hydrogen (secondary N) is 1. The largest absolute Gasteiger partial charge is 0.469 e. The number of hydrogen-bond acceptors (Lipinski definition) is 8. The SMILES string of the molecule is CCC(COCOC)C(CCCCOCc1ccccc1)C(NC(=O)C(Cl)(Cl)Cl)C(/C=C/COCOC)CC(=O)OC. The molecule has 42 heavy (non-hydrogen) atoms. The molecule has 0 spiro atoms. The van der Waals surface area contributed by atoms with Crippen LogP contribution in [-0.2, 0) is 44.6 Å². The number of amides is 1. The van der Waals surface area contributed by atoms with Gasteiger partial charge in [-0.15, -0.1) is 0 Å². The van der Waals surface area contributed by atoms with Crippen LogP contribution in [0.15, 0.2) is 42.5 Å². The van der Waals surface area contributed by atoms with Gasteiger partial charge in [0.1, 0.15) is 13.6 Å². The maximum atomic E-state index is 13.0. The van der Waals surface area contributed by atoms with Crippen LogP contribution in [0, 0.1) is 17.8 Å². The first kappa shape index (κ1) is 38.6. The summed E-state index contributed by atoms with van der Waals surface area (Å²) >= 11 is 17.9. The molecule has 12 heteroatoms. The lowest BCUT2D eigenvalue weighted by molar-refractivity contribution is -0.142. The summed E-state index contributed by atoms with van der Waals surface area (Å²) in [5, 5.41) is 2.94. The van der Waals surface area contributed by atoms with E-state index in [1.165, 1.54) is 14.2 Å². The lowest BCUT2D eigenvalue weighted by Crippen LogP contribution is -2.51. The molecule has 1 N–H and O–H groups in total. The molecule has 0 aliphatic carbocycles. The van der Waals surface area contributed by atoms with Crippen LogP contribution in [0.1, 0.15) is 44.6 Å². The van der Waals surface area contributed by atoms with Crippen LogP contribution in [0.2, 0.25) is 0 Å². The molecular weight excluding hydrogens is 609 g/mol. The predicted octanol–water partition coefficient (Wildman–Crippen LogP) is 5.85. The number of halogens is 3. The number of ether oxygens (including phenoxy) is 6. The summed E-state index contributed by atoms with van der Waals surface area (Å²) in [7, 11) is 4.40. The minimum absolute atomic E-state index is 0.00582. The Kier molecular flexibility index (Phi) is 21.2. The Labute approximate surface area is 265 Å². The highest BCUT2D eigenvalue weighted by Crippen LogP contribution is 2.34. The zero-order chi connectivity index (χ0) is 31.2. The fraction of sp³-hybridized carbons (Fsp3) is 0.667. The fourth-order valence-electron chi connectivity index (χ4n) is 4.67. The second kappa shape index (κ2) is 23.0. The molecule has 1 aromatic carbocycles. The number of esters is 1. The first-order valence-electron chi connectivity index (χ1n) is 14.0.